The Labute approximate surface area is 83.3 Å². The molecular weight excluding hydrogens is 180 g/mol. The Kier molecular flexibility index (Phi) is 3.71. The minimum absolute atomic E-state index is 0.0771. The number of aromatic amines is 1. The van der Waals surface area contributed by atoms with Gasteiger partial charge in [-0.05, 0) is 24.6 Å². The first-order chi connectivity index (χ1) is 6.65. The molecule has 0 fully saturated rings. The number of hydrogen-bond donors (Lipinski definition) is 3. The van der Waals surface area contributed by atoms with Crippen LogP contribution in [0.1, 0.15) is 24.9 Å². The average molecular weight is 196 g/mol. The van der Waals surface area contributed by atoms with Gasteiger partial charge in [-0.15, -0.1) is 0 Å². The maximum Gasteiger partial charge on any atom is 0.303 e. The fourth-order valence-electron chi connectivity index (χ4n) is 1.70. The van der Waals surface area contributed by atoms with Crippen LogP contribution in [0.15, 0.2) is 18.5 Å². The summed E-state index contributed by atoms with van der Waals surface area (Å²) in [4.78, 5) is 13.5. The second-order valence-electron chi connectivity index (χ2n) is 3.49. The molecule has 1 rings (SSSR count). The van der Waals surface area contributed by atoms with Crippen LogP contribution in [0.2, 0.25) is 0 Å². The maximum absolute atomic E-state index is 10.6. The molecule has 0 aliphatic carbocycles. The van der Waals surface area contributed by atoms with Crippen LogP contribution in [-0.4, -0.2) is 23.1 Å². The summed E-state index contributed by atoms with van der Waals surface area (Å²) in [5.74, 6) is -0.679. The van der Waals surface area contributed by atoms with Gasteiger partial charge in [-0.1, -0.05) is 6.92 Å². The molecule has 0 aliphatic rings. The second kappa shape index (κ2) is 4.81. The standard InChI is InChI=1S/C10H16N2O2/c1-7(5-9(13)14)10(11-2)8-3-4-12-6-8/h3-4,6-7,10-12H,5H2,1-2H3,(H,13,14). The minimum atomic E-state index is -0.756. The highest BCUT2D eigenvalue weighted by Crippen LogP contribution is 2.23. The van der Waals surface area contributed by atoms with Crippen molar-refractivity contribution >= 4 is 5.97 Å². The first kappa shape index (κ1) is 10.8. The number of hydrogen-bond acceptors (Lipinski definition) is 2. The molecule has 0 aromatic carbocycles. The average Bonchev–Trinajstić information content (AvgIpc) is 2.57. The summed E-state index contributed by atoms with van der Waals surface area (Å²) < 4.78 is 0. The van der Waals surface area contributed by atoms with Crippen LogP contribution in [0.3, 0.4) is 0 Å². The van der Waals surface area contributed by atoms with Crippen molar-refractivity contribution in [1.82, 2.24) is 10.3 Å². The lowest BCUT2D eigenvalue weighted by atomic mass is 9.94. The van der Waals surface area contributed by atoms with Crippen molar-refractivity contribution in [3.63, 3.8) is 0 Å². The summed E-state index contributed by atoms with van der Waals surface area (Å²) in [7, 11) is 1.84. The number of carboxylic acids is 1. The predicted molar refractivity (Wildman–Crippen MR) is 54.0 cm³/mol. The van der Waals surface area contributed by atoms with Crippen molar-refractivity contribution in [2.75, 3.05) is 7.05 Å². The van der Waals surface area contributed by atoms with E-state index in [4.69, 9.17) is 5.11 Å². The van der Waals surface area contributed by atoms with Crippen LogP contribution < -0.4 is 5.32 Å². The molecule has 2 unspecified atom stereocenters. The number of aromatic nitrogens is 1. The Morgan fingerprint density at radius 3 is 2.86 bits per heavy atom. The highest BCUT2D eigenvalue weighted by Gasteiger charge is 2.19. The van der Waals surface area contributed by atoms with E-state index in [1.54, 1.807) is 0 Å². The molecule has 78 valence electrons. The van der Waals surface area contributed by atoms with Gasteiger partial charge in [-0.2, -0.15) is 0 Å². The number of aliphatic carboxylic acids is 1. The minimum Gasteiger partial charge on any atom is -0.481 e. The van der Waals surface area contributed by atoms with E-state index >= 15 is 0 Å². The van der Waals surface area contributed by atoms with Gasteiger partial charge >= 0.3 is 5.97 Å². The Morgan fingerprint density at radius 2 is 2.43 bits per heavy atom. The van der Waals surface area contributed by atoms with Crippen molar-refractivity contribution < 1.29 is 9.90 Å². The molecule has 1 aromatic rings. The normalized spacial score (nSPS) is 15.0. The van der Waals surface area contributed by atoms with Crippen molar-refractivity contribution in [3.05, 3.63) is 24.0 Å². The third-order valence-electron chi connectivity index (χ3n) is 2.36. The van der Waals surface area contributed by atoms with E-state index in [1.807, 2.05) is 32.4 Å². The molecule has 0 bridgehead atoms. The SMILES string of the molecule is CNC(c1cc[nH]c1)C(C)CC(=O)O. The van der Waals surface area contributed by atoms with Crippen LogP contribution in [-0.2, 0) is 4.79 Å². The maximum atomic E-state index is 10.6. The molecular formula is C10H16N2O2. The Bertz CT molecular complexity index is 282. The number of nitrogens with one attached hydrogen (secondary N) is 2. The van der Waals surface area contributed by atoms with Crippen molar-refractivity contribution in [2.45, 2.75) is 19.4 Å². The number of H-pyrrole nitrogens is 1. The molecule has 3 N–H and O–H groups in total. The Hall–Kier alpha value is -1.29. The topological polar surface area (TPSA) is 65.1 Å². The highest BCUT2D eigenvalue weighted by molar-refractivity contribution is 5.67. The molecule has 0 radical (unpaired) electrons. The van der Waals surface area contributed by atoms with Crippen LogP contribution >= 0.6 is 0 Å². The van der Waals surface area contributed by atoms with E-state index in [-0.39, 0.29) is 18.4 Å². The quantitative estimate of drug-likeness (QED) is 0.666. The van der Waals surface area contributed by atoms with Gasteiger partial charge in [-0.3, -0.25) is 4.79 Å². The van der Waals surface area contributed by atoms with Gasteiger partial charge in [0.05, 0.1) is 0 Å². The van der Waals surface area contributed by atoms with Gasteiger partial charge in [0.2, 0.25) is 0 Å². The van der Waals surface area contributed by atoms with Gasteiger partial charge < -0.3 is 15.4 Å². The lowest BCUT2D eigenvalue weighted by Crippen LogP contribution is -2.24. The third kappa shape index (κ3) is 2.60. The Balaban J connectivity index is 2.67. The van der Waals surface area contributed by atoms with Gasteiger partial charge in [0.1, 0.15) is 0 Å². The molecule has 0 saturated heterocycles. The fourth-order valence-corrected chi connectivity index (χ4v) is 1.70. The molecule has 1 aromatic heterocycles. The summed E-state index contributed by atoms with van der Waals surface area (Å²) in [6.07, 6.45) is 3.91. The Morgan fingerprint density at radius 1 is 1.71 bits per heavy atom. The van der Waals surface area contributed by atoms with Crippen molar-refractivity contribution in [1.29, 1.82) is 0 Å². The van der Waals surface area contributed by atoms with Gasteiger partial charge in [0, 0.05) is 24.9 Å². The third-order valence-corrected chi connectivity index (χ3v) is 2.36. The lowest BCUT2D eigenvalue weighted by molar-refractivity contribution is -0.138. The van der Waals surface area contributed by atoms with Crippen molar-refractivity contribution in [2.24, 2.45) is 5.92 Å². The lowest BCUT2D eigenvalue weighted by Gasteiger charge is -2.21. The summed E-state index contributed by atoms with van der Waals surface area (Å²) in [6.45, 7) is 1.93. The van der Waals surface area contributed by atoms with Gasteiger partial charge in [0.15, 0.2) is 0 Å². The molecule has 0 spiro atoms. The van der Waals surface area contributed by atoms with E-state index in [1.165, 1.54) is 0 Å². The second-order valence-corrected chi connectivity index (χ2v) is 3.49. The van der Waals surface area contributed by atoms with E-state index in [0.717, 1.165) is 5.56 Å². The van der Waals surface area contributed by atoms with Crippen LogP contribution in [0.5, 0.6) is 0 Å². The zero-order valence-electron chi connectivity index (χ0n) is 8.45. The highest BCUT2D eigenvalue weighted by atomic mass is 16.4. The van der Waals surface area contributed by atoms with E-state index in [2.05, 4.69) is 10.3 Å². The monoisotopic (exact) mass is 196 g/mol. The van der Waals surface area contributed by atoms with Gasteiger partial charge in [0.25, 0.3) is 0 Å². The van der Waals surface area contributed by atoms with Crippen LogP contribution in [0, 0.1) is 5.92 Å². The molecule has 2 atom stereocenters. The molecule has 0 amide bonds. The molecule has 1 heterocycles. The molecule has 4 nitrogen and oxygen atoms in total. The molecule has 0 saturated carbocycles. The zero-order chi connectivity index (χ0) is 10.6. The number of carbonyl (C=O) groups is 1. The zero-order valence-corrected chi connectivity index (χ0v) is 8.45. The molecule has 4 heteroatoms. The van der Waals surface area contributed by atoms with Crippen LogP contribution in [0.25, 0.3) is 0 Å². The number of rotatable bonds is 5. The fraction of sp³-hybridized carbons (Fsp3) is 0.500. The van der Waals surface area contributed by atoms with E-state index < -0.39 is 5.97 Å². The van der Waals surface area contributed by atoms with E-state index in [9.17, 15) is 4.79 Å². The van der Waals surface area contributed by atoms with Crippen LogP contribution in [0.4, 0.5) is 0 Å². The summed E-state index contributed by atoms with van der Waals surface area (Å²) in [6, 6.07) is 2.05. The van der Waals surface area contributed by atoms with Gasteiger partial charge in [-0.25, -0.2) is 0 Å². The number of carboxylic acid groups (broad SMARTS) is 1. The predicted octanol–water partition coefficient (Wildman–Crippen LogP) is 1.39. The summed E-state index contributed by atoms with van der Waals surface area (Å²) >= 11 is 0. The first-order valence-electron chi connectivity index (χ1n) is 4.67. The smallest absolute Gasteiger partial charge is 0.303 e. The molecule has 0 aliphatic heterocycles. The van der Waals surface area contributed by atoms with E-state index in [0.29, 0.717) is 0 Å². The van der Waals surface area contributed by atoms with Crippen molar-refractivity contribution in [3.8, 4) is 0 Å². The largest absolute Gasteiger partial charge is 0.481 e. The molecule has 14 heavy (non-hydrogen) atoms. The summed E-state index contributed by atoms with van der Waals surface area (Å²) in [5.41, 5.74) is 1.10. The summed E-state index contributed by atoms with van der Waals surface area (Å²) in [5, 5.41) is 11.8. The first-order valence-corrected chi connectivity index (χ1v) is 4.67.